The number of anilines is 1. The predicted molar refractivity (Wildman–Crippen MR) is 98.9 cm³/mol. The summed E-state index contributed by atoms with van der Waals surface area (Å²) in [5.74, 6) is 0.281. The Labute approximate surface area is 157 Å². The highest BCUT2D eigenvalue weighted by atomic mass is 16.5. The van der Waals surface area contributed by atoms with E-state index >= 15 is 0 Å². The molecule has 0 radical (unpaired) electrons. The van der Waals surface area contributed by atoms with Crippen molar-refractivity contribution in [1.29, 1.82) is 0 Å². The molecule has 1 aliphatic rings. The first kappa shape index (κ1) is 19.7. The van der Waals surface area contributed by atoms with Crippen LogP contribution in [-0.2, 0) is 9.53 Å². The molecule has 3 atom stereocenters. The van der Waals surface area contributed by atoms with Gasteiger partial charge in [0.25, 0.3) is 0 Å². The van der Waals surface area contributed by atoms with Crippen LogP contribution in [0.25, 0.3) is 11.2 Å². The Morgan fingerprint density at radius 3 is 2.85 bits per heavy atom. The predicted octanol–water partition coefficient (Wildman–Crippen LogP) is 1.77. The van der Waals surface area contributed by atoms with Gasteiger partial charge in [0, 0.05) is 12.8 Å². The first-order valence-corrected chi connectivity index (χ1v) is 9.55. The van der Waals surface area contributed by atoms with Gasteiger partial charge < -0.3 is 20.3 Å². The summed E-state index contributed by atoms with van der Waals surface area (Å²) in [5.41, 5.74) is 0.987. The lowest BCUT2D eigenvalue weighted by Crippen LogP contribution is -2.24. The Bertz CT molecular complexity index is 765. The molecule has 0 aliphatic carbocycles. The third kappa shape index (κ3) is 4.60. The van der Waals surface area contributed by atoms with E-state index in [0.29, 0.717) is 29.8 Å². The van der Waals surface area contributed by atoms with Crippen LogP contribution in [0.2, 0.25) is 0 Å². The third-order valence-corrected chi connectivity index (χ3v) is 4.82. The van der Waals surface area contributed by atoms with E-state index in [0.717, 1.165) is 19.3 Å². The van der Waals surface area contributed by atoms with Gasteiger partial charge in [-0.05, 0) is 6.42 Å². The van der Waals surface area contributed by atoms with E-state index in [2.05, 4.69) is 27.2 Å². The third-order valence-electron chi connectivity index (χ3n) is 4.82. The number of fused-ring (bicyclic) bond motifs is 1. The molecule has 1 fully saturated rings. The smallest absolute Gasteiger partial charge is 0.225 e. The summed E-state index contributed by atoms with van der Waals surface area (Å²) in [6, 6.07) is 0. The Kier molecular flexibility index (Phi) is 6.70. The second-order valence-corrected chi connectivity index (χ2v) is 6.87. The number of aliphatic hydroxyl groups excluding tert-OH is 2. The van der Waals surface area contributed by atoms with Gasteiger partial charge in [0.15, 0.2) is 17.0 Å². The number of rotatable bonds is 9. The van der Waals surface area contributed by atoms with Gasteiger partial charge in [0.05, 0.1) is 19.0 Å². The number of amides is 1. The molecule has 0 bridgehead atoms. The van der Waals surface area contributed by atoms with E-state index in [-0.39, 0.29) is 12.5 Å². The molecule has 9 nitrogen and oxygen atoms in total. The van der Waals surface area contributed by atoms with Crippen LogP contribution in [-0.4, -0.2) is 54.5 Å². The zero-order valence-corrected chi connectivity index (χ0v) is 15.5. The van der Waals surface area contributed by atoms with Gasteiger partial charge >= 0.3 is 0 Å². The lowest BCUT2D eigenvalue weighted by molar-refractivity contribution is -0.116. The van der Waals surface area contributed by atoms with Crippen molar-refractivity contribution in [2.75, 3.05) is 11.9 Å². The number of aliphatic hydroxyl groups is 2. The zero-order valence-electron chi connectivity index (χ0n) is 15.5. The van der Waals surface area contributed by atoms with E-state index in [9.17, 15) is 15.0 Å². The summed E-state index contributed by atoms with van der Waals surface area (Å²) in [4.78, 5) is 24.9. The average Bonchev–Trinajstić information content (AvgIpc) is 3.25. The van der Waals surface area contributed by atoms with E-state index in [1.54, 1.807) is 10.9 Å². The minimum absolute atomic E-state index is 0.0890. The van der Waals surface area contributed by atoms with Gasteiger partial charge in [0.2, 0.25) is 5.91 Å². The minimum Gasteiger partial charge on any atom is -0.394 e. The van der Waals surface area contributed by atoms with Crippen LogP contribution in [0.3, 0.4) is 0 Å². The molecule has 0 spiro atoms. The van der Waals surface area contributed by atoms with Crippen molar-refractivity contribution >= 4 is 22.9 Å². The van der Waals surface area contributed by atoms with Gasteiger partial charge in [-0.15, -0.1) is 0 Å². The quantitative estimate of drug-likeness (QED) is 0.569. The minimum atomic E-state index is -0.744. The molecule has 0 saturated carbocycles. The van der Waals surface area contributed by atoms with Gasteiger partial charge in [-0.1, -0.05) is 32.6 Å². The molecule has 148 valence electrons. The maximum absolute atomic E-state index is 12.2. The Hall–Kier alpha value is -2.10. The van der Waals surface area contributed by atoms with Crippen LogP contribution < -0.4 is 5.32 Å². The number of ether oxygens (including phenoxy) is 1. The van der Waals surface area contributed by atoms with E-state index < -0.39 is 18.4 Å². The standard InChI is InChI=1S/C18H27N5O4/c1-2-3-4-5-6-7-14(26)22-17-16-18(20-10-19-17)23(11-21-16)15-8-12(25)13(9-24)27-15/h10-13,15,24-25H,2-9H2,1H3,(H,19,20,22,26)/t12-,13-,15-/m1/s1. The number of unbranched alkanes of at least 4 members (excludes halogenated alkanes) is 4. The lowest BCUT2D eigenvalue weighted by Gasteiger charge is -2.13. The van der Waals surface area contributed by atoms with Crippen molar-refractivity contribution in [3.05, 3.63) is 12.7 Å². The summed E-state index contributed by atoms with van der Waals surface area (Å²) >= 11 is 0. The van der Waals surface area contributed by atoms with Crippen LogP contribution in [0.4, 0.5) is 5.82 Å². The maximum Gasteiger partial charge on any atom is 0.225 e. The highest BCUT2D eigenvalue weighted by Gasteiger charge is 2.35. The Morgan fingerprint density at radius 2 is 2.11 bits per heavy atom. The van der Waals surface area contributed by atoms with Gasteiger partial charge in [0.1, 0.15) is 18.7 Å². The van der Waals surface area contributed by atoms with E-state index in [1.165, 1.54) is 19.2 Å². The molecule has 1 saturated heterocycles. The lowest BCUT2D eigenvalue weighted by atomic mass is 10.1. The number of carbonyl (C=O) groups excluding carboxylic acids is 1. The maximum atomic E-state index is 12.2. The number of carbonyl (C=O) groups is 1. The number of nitrogens with one attached hydrogen (secondary N) is 1. The molecule has 1 aliphatic heterocycles. The first-order valence-electron chi connectivity index (χ1n) is 9.55. The molecule has 0 aromatic carbocycles. The molecule has 3 N–H and O–H groups in total. The molecular formula is C18H27N5O4. The largest absolute Gasteiger partial charge is 0.394 e. The highest BCUT2D eigenvalue weighted by Crippen LogP contribution is 2.31. The molecule has 9 heteroatoms. The van der Waals surface area contributed by atoms with Gasteiger partial charge in [-0.25, -0.2) is 15.0 Å². The number of nitrogens with zero attached hydrogens (tertiary/aromatic N) is 4. The van der Waals surface area contributed by atoms with Crippen LogP contribution in [0, 0.1) is 0 Å². The van der Waals surface area contributed by atoms with Crippen LogP contribution in [0.1, 0.15) is 58.1 Å². The van der Waals surface area contributed by atoms with Crippen molar-refractivity contribution in [2.45, 2.75) is 70.3 Å². The van der Waals surface area contributed by atoms with Crippen molar-refractivity contribution in [2.24, 2.45) is 0 Å². The summed E-state index contributed by atoms with van der Waals surface area (Å²) in [6.45, 7) is 1.91. The van der Waals surface area contributed by atoms with Crippen molar-refractivity contribution in [3.8, 4) is 0 Å². The topological polar surface area (TPSA) is 122 Å². The monoisotopic (exact) mass is 377 g/mol. The zero-order chi connectivity index (χ0) is 19.2. The SMILES string of the molecule is CCCCCCCC(=O)Nc1ncnc2c1ncn2[C@H]1C[C@@H](O)[C@@H](CO)O1. The molecule has 1 amide bonds. The van der Waals surface area contributed by atoms with E-state index in [4.69, 9.17) is 4.74 Å². The Morgan fingerprint density at radius 1 is 1.30 bits per heavy atom. The molecule has 3 rings (SSSR count). The number of hydrogen-bond acceptors (Lipinski definition) is 7. The number of hydrogen-bond donors (Lipinski definition) is 3. The summed E-state index contributed by atoms with van der Waals surface area (Å²) < 4.78 is 7.35. The average molecular weight is 377 g/mol. The van der Waals surface area contributed by atoms with Gasteiger partial charge in [-0.3, -0.25) is 9.36 Å². The molecule has 27 heavy (non-hydrogen) atoms. The molecule has 2 aromatic rings. The normalized spacial score (nSPS) is 22.4. The van der Waals surface area contributed by atoms with Crippen LogP contribution in [0.15, 0.2) is 12.7 Å². The second-order valence-electron chi connectivity index (χ2n) is 6.87. The number of aromatic nitrogens is 4. The summed E-state index contributed by atoms with van der Waals surface area (Å²) in [5, 5.41) is 22.0. The van der Waals surface area contributed by atoms with Gasteiger partial charge in [-0.2, -0.15) is 0 Å². The van der Waals surface area contributed by atoms with Crippen molar-refractivity contribution in [1.82, 2.24) is 19.5 Å². The van der Waals surface area contributed by atoms with Crippen LogP contribution >= 0.6 is 0 Å². The Balaban J connectivity index is 1.66. The van der Waals surface area contributed by atoms with Crippen molar-refractivity contribution in [3.63, 3.8) is 0 Å². The first-order chi connectivity index (χ1) is 13.1. The molecule has 0 unspecified atom stereocenters. The van der Waals surface area contributed by atoms with E-state index in [1.807, 2.05) is 0 Å². The molecular weight excluding hydrogens is 350 g/mol. The second kappa shape index (κ2) is 9.20. The fourth-order valence-corrected chi connectivity index (χ4v) is 3.29. The summed E-state index contributed by atoms with van der Waals surface area (Å²) in [6.07, 6.45) is 7.28. The highest BCUT2D eigenvalue weighted by molar-refractivity contribution is 5.96. The molecule has 2 aromatic heterocycles. The van der Waals surface area contributed by atoms with Crippen LogP contribution in [0.5, 0.6) is 0 Å². The number of imidazole rings is 1. The molecule has 3 heterocycles. The fourth-order valence-electron chi connectivity index (χ4n) is 3.29. The van der Waals surface area contributed by atoms with Crippen molar-refractivity contribution < 1.29 is 19.7 Å². The fraction of sp³-hybridized carbons (Fsp3) is 0.667. The summed E-state index contributed by atoms with van der Waals surface area (Å²) in [7, 11) is 0.